The number of hydrogen-bond acceptors (Lipinski definition) is 5. The molecule has 2 amide bonds. The molecule has 5 rings (SSSR count). The van der Waals surface area contributed by atoms with Gasteiger partial charge < -0.3 is 14.8 Å². The largest absolute Gasteiger partial charge is 0.486 e. The summed E-state index contributed by atoms with van der Waals surface area (Å²) in [6.07, 6.45) is -2.91. The van der Waals surface area contributed by atoms with Gasteiger partial charge in [-0.1, -0.05) is 42.1 Å². The number of carbonyl (C=O) groups is 2. The van der Waals surface area contributed by atoms with Crippen molar-refractivity contribution in [2.45, 2.75) is 24.0 Å². The lowest BCUT2D eigenvalue weighted by Gasteiger charge is -2.30. The molecule has 38 heavy (non-hydrogen) atoms. The summed E-state index contributed by atoms with van der Waals surface area (Å²) in [7, 11) is 0. The highest BCUT2D eigenvalue weighted by molar-refractivity contribution is 8.04. The van der Waals surface area contributed by atoms with Crippen LogP contribution in [-0.2, 0) is 15.8 Å². The van der Waals surface area contributed by atoms with E-state index in [9.17, 15) is 22.8 Å². The number of thioether (sulfide) groups is 1. The van der Waals surface area contributed by atoms with Crippen LogP contribution in [0.5, 0.6) is 11.5 Å². The van der Waals surface area contributed by atoms with Crippen molar-refractivity contribution < 1.29 is 32.2 Å². The van der Waals surface area contributed by atoms with Crippen molar-refractivity contribution in [3.05, 3.63) is 88.3 Å². The third kappa shape index (κ3) is 5.50. The molecule has 6 nitrogen and oxygen atoms in total. The second-order valence-corrected chi connectivity index (χ2v) is 9.87. The van der Waals surface area contributed by atoms with E-state index in [2.05, 4.69) is 5.32 Å². The van der Waals surface area contributed by atoms with Gasteiger partial charge in [0.15, 0.2) is 11.5 Å². The van der Waals surface area contributed by atoms with Crippen molar-refractivity contribution in [3.8, 4) is 11.5 Å². The zero-order chi connectivity index (χ0) is 26.9. The van der Waals surface area contributed by atoms with Crippen LogP contribution < -0.4 is 19.7 Å². The molecular weight excluding hydrogens is 517 g/mol. The number of ether oxygens (including phenoxy) is 2. The lowest BCUT2D eigenvalue weighted by Crippen LogP contribution is -2.43. The van der Waals surface area contributed by atoms with Crippen LogP contribution in [-0.4, -0.2) is 31.6 Å². The molecule has 0 unspecified atom stereocenters. The lowest BCUT2D eigenvalue weighted by atomic mass is 10.1. The Labute approximate surface area is 221 Å². The van der Waals surface area contributed by atoms with Gasteiger partial charge in [-0.15, -0.1) is 0 Å². The Morgan fingerprint density at radius 2 is 1.76 bits per heavy atom. The molecular formula is C28H23F3N2O4S. The maximum absolute atomic E-state index is 13.4. The summed E-state index contributed by atoms with van der Waals surface area (Å²) in [6.45, 7) is 2.54. The Balaban J connectivity index is 1.34. The van der Waals surface area contributed by atoms with Gasteiger partial charge in [0.25, 0.3) is 5.91 Å². The van der Waals surface area contributed by atoms with Crippen molar-refractivity contribution in [2.75, 3.05) is 24.7 Å². The monoisotopic (exact) mass is 540 g/mol. The topological polar surface area (TPSA) is 67.9 Å². The summed E-state index contributed by atoms with van der Waals surface area (Å²) in [5, 5.41) is 2.92. The SMILES string of the molecule is C[C@@H](NC(=O)CN1C(=O)/C(=C/c2ccc(C(F)(F)F)cc2)Sc2ccccc21)c1ccc2c(c1)OCCO2. The molecule has 10 heteroatoms. The van der Waals surface area contributed by atoms with Crippen molar-refractivity contribution >= 4 is 35.3 Å². The van der Waals surface area contributed by atoms with Crippen LogP contribution in [0.15, 0.2) is 76.5 Å². The van der Waals surface area contributed by atoms with E-state index in [1.54, 1.807) is 18.2 Å². The van der Waals surface area contributed by atoms with Gasteiger partial charge in [0.05, 0.1) is 22.2 Å². The zero-order valence-corrected chi connectivity index (χ0v) is 21.1. The van der Waals surface area contributed by atoms with Crippen molar-refractivity contribution in [1.82, 2.24) is 5.32 Å². The highest BCUT2D eigenvalue weighted by Crippen LogP contribution is 2.42. The first-order valence-electron chi connectivity index (χ1n) is 11.9. The van der Waals surface area contributed by atoms with Crippen LogP contribution in [0.1, 0.15) is 29.7 Å². The molecule has 0 radical (unpaired) electrons. The first-order chi connectivity index (χ1) is 18.2. The first kappa shape index (κ1) is 25.7. The number of fused-ring (bicyclic) bond motifs is 2. The van der Waals surface area contributed by atoms with Crippen LogP contribution in [0, 0.1) is 0 Å². The second kappa shape index (κ2) is 10.4. The minimum Gasteiger partial charge on any atom is -0.486 e. The van der Waals surface area contributed by atoms with E-state index in [0.29, 0.717) is 40.9 Å². The Morgan fingerprint density at radius 3 is 2.50 bits per heavy atom. The fraction of sp³-hybridized carbons (Fsp3) is 0.214. The molecule has 1 N–H and O–H groups in total. The molecule has 0 fully saturated rings. The molecule has 0 aliphatic carbocycles. The first-order valence-corrected chi connectivity index (χ1v) is 12.7. The number of hydrogen-bond donors (Lipinski definition) is 1. The van der Waals surface area contributed by atoms with Crippen LogP contribution in [0.2, 0.25) is 0 Å². The molecule has 0 saturated heterocycles. The van der Waals surface area contributed by atoms with Crippen LogP contribution in [0.25, 0.3) is 6.08 Å². The van der Waals surface area contributed by atoms with Crippen molar-refractivity contribution in [2.24, 2.45) is 0 Å². The molecule has 2 aliphatic rings. The third-order valence-corrected chi connectivity index (χ3v) is 7.19. The Kier molecular flexibility index (Phi) is 7.07. The molecule has 196 valence electrons. The van der Waals surface area contributed by atoms with Crippen molar-refractivity contribution in [3.63, 3.8) is 0 Å². The minimum atomic E-state index is -4.44. The molecule has 3 aromatic rings. The molecule has 0 spiro atoms. The zero-order valence-electron chi connectivity index (χ0n) is 20.2. The fourth-order valence-electron chi connectivity index (χ4n) is 4.18. The number of halogens is 3. The lowest BCUT2D eigenvalue weighted by molar-refractivity contribution is -0.137. The average molecular weight is 541 g/mol. The molecule has 0 aromatic heterocycles. The number of rotatable bonds is 5. The molecule has 3 aromatic carbocycles. The third-order valence-electron chi connectivity index (χ3n) is 6.11. The van der Waals surface area contributed by atoms with Gasteiger partial charge in [0, 0.05) is 4.90 Å². The predicted molar refractivity (Wildman–Crippen MR) is 138 cm³/mol. The van der Waals surface area contributed by atoms with E-state index in [1.165, 1.54) is 34.9 Å². The second-order valence-electron chi connectivity index (χ2n) is 8.78. The summed E-state index contributed by atoms with van der Waals surface area (Å²) in [5.74, 6) is 0.496. The highest BCUT2D eigenvalue weighted by Gasteiger charge is 2.32. The molecule has 2 heterocycles. The predicted octanol–water partition coefficient (Wildman–Crippen LogP) is 5.83. The summed E-state index contributed by atoms with van der Waals surface area (Å²) < 4.78 is 49.9. The molecule has 0 bridgehead atoms. The molecule has 1 atom stereocenters. The fourth-order valence-corrected chi connectivity index (χ4v) is 5.24. The van der Waals surface area contributed by atoms with E-state index >= 15 is 0 Å². The summed E-state index contributed by atoms with van der Waals surface area (Å²) >= 11 is 1.21. The molecule has 0 saturated carbocycles. The summed E-state index contributed by atoms with van der Waals surface area (Å²) in [4.78, 5) is 28.9. The van der Waals surface area contributed by atoms with Crippen LogP contribution in [0.4, 0.5) is 18.9 Å². The van der Waals surface area contributed by atoms with Gasteiger partial charge in [-0.3, -0.25) is 14.5 Å². The van der Waals surface area contributed by atoms with E-state index in [0.717, 1.165) is 22.6 Å². The van der Waals surface area contributed by atoms with E-state index < -0.39 is 17.6 Å². The summed E-state index contributed by atoms with van der Waals surface area (Å²) in [6, 6.07) is 16.9. The standard InChI is InChI=1S/C28H23F3N2O4S/c1-17(19-8-11-22-23(15-19)37-13-12-36-22)32-26(34)16-33-21-4-2-3-5-24(21)38-25(27(33)35)14-18-6-9-20(10-7-18)28(29,30)31/h2-11,14-15,17H,12-13,16H2,1H3,(H,32,34)/b25-14-/t17-/m1/s1. The average Bonchev–Trinajstić information content (AvgIpc) is 2.90. The molecule has 2 aliphatic heterocycles. The Hall–Kier alpha value is -3.92. The van der Waals surface area contributed by atoms with E-state index in [4.69, 9.17) is 9.47 Å². The smallest absolute Gasteiger partial charge is 0.416 e. The quantitative estimate of drug-likeness (QED) is 0.413. The Bertz CT molecular complexity index is 1410. The number of carbonyl (C=O) groups excluding carboxylic acids is 2. The number of nitrogens with one attached hydrogen (secondary N) is 1. The summed E-state index contributed by atoms with van der Waals surface area (Å²) in [5.41, 5.74) is 1.10. The van der Waals surface area contributed by atoms with Gasteiger partial charge in [-0.2, -0.15) is 13.2 Å². The highest BCUT2D eigenvalue weighted by atomic mass is 32.2. The van der Waals surface area contributed by atoms with Gasteiger partial charge in [-0.05, 0) is 60.5 Å². The number of para-hydroxylation sites is 1. The van der Waals surface area contributed by atoms with Crippen LogP contribution in [0.3, 0.4) is 0 Å². The Morgan fingerprint density at radius 1 is 1.05 bits per heavy atom. The number of nitrogens with zero attached hydrogens (tertiary/aromatic N) is 1. The van der Waals surface area contributed by atoms with Gasteiger partial charge >= 0.3 is 6.18 Å². The number of anilines is 1. The number of alkyl halides is 3. The van der Waals surface area contributed by atoms with Crippen molar-refractivity contribution in [1.29, 1.82) is 0 Å². The normalized spacial score (nSPS) is 16.7. The van der Waals surface area contributed by atoms with E-state index in [-0.39, 0.29) is 18.5 Å². The number of benzene rings is 3. The van der Waals surface area contributed by atoms with Gasteiger partial charge in [0.2, 0.25) is 5.91 Å². The minimum absolute atomic E-state index is 0.227. The number of amides is 2. The van der Waals surface area contributed by atoms with E-state index in [1.807, 2.05) is 31.2 Å². The van der Waals surface area contributed by atoms with Gasteiger partial charge in [-0.25, -0.2) is 0 Å². The van der Waals surface area contributed by atoms with Crippen LogP contribution >= 0.6 is 11.8 Å². The maximum Gasteiger partial charge on any atom is 0.416 e. The van der Waals surface area contributed by atoms with Gasteiger partial charge in [0.1, 0.15) is 19.8 Å². The maximum atomic E-state index is 13.4.